The predicted molar refractivity (Wildman–Crippen MR) is 134 cm³/mol. The predicted octanol–water partition coefficient (Wildman–Crippen LogP) is 3.35. The van der Waals surface area contributed by atoms with Crippen molar-refractivity contribution in [2.75, 3.05) is 19.6 Å². The van der Waals surface area contributed by atoms with E-state index < -0.39 is 11.5 Å². The topological polar surface area (TPSA) is 104 Å². The Labute approximate surface area is 204 Å². The molecule has 1 aliphatic rings. The van der Waals surface area contributed by atoms with E-state index in [2.05, 4.69) is 10.4 Å². The van der Waals surface area contributed by atoms with E-state index in [0.717, 1.165) is 10.1 Å². The van der Waals surface area contributed by atoms with Crippen molar-refractivity contribution in [3.63, 3.8) is 0 Å². The molecule has 3 aromatic heterocycles. The van der Waals surface area contributed by atoms with Gasteiger partial charge in [0.05, 0.1) is 30.9 Å². The van der Waals surface area contributed by atoms with Crippen molar-refractivity contribution in [2.45, 2.75) is 6.54 Å². The van der Waals surface area contributed by atoms with Crippen LogP contribution in [0.5, 0.6) is 11.5 Å². The zero-order valence-corrected chi connectivity index (χ0v) is 19.4. The van der Waals surface area contributed by atoms with Gasteiger partial charge in [-0.2, -0.15) is 0 Å². The summed E-state index contributed by atoms with van der Waals surface area (Å²) in [4.78, 5) is 44.9. The first-order valence-corrected chi connectivity index (χ1v) is 11.2. The molecular formula is C27H20N4O5. The molecule has 0 radical (unpaired) electrons. The van der Waals surface area contributed by atoms with Gasteiger partial charge in [0.2, 0.25) is 0 Å². The molecule has 0 fully saturated rings. The maximum atomic E-state index is 13.9. The number of fused-ring (bicyclic) bond motifs is 6. The Morgan fingerprint density at radius 3 is 2.56 bits per heavy atom. The van der Waals surface area contributed by atoms with Crippen molar-refractivity contribution >= 4 is 33.5 Å². The Balaban J connectivity index is 1.56. The fourth-order valence-electron chi connectivity index (χ4n) is 4.88. The monoisotopic (exact) mass is 480 g/mol. The maximum absolute atomic E-state index is 13.9. The molecule has 0 saturated carbocycles. The van der Waals surface area contributed by atoms with E-state index in [4.69, 9.17) is 9.47 Å². The van der Waals surface area contributed by atoms with Crippen molar-refractivity contribution in [1.29, 1.82) is 0 Å². The van der Waals surface area contributed by atoms with Gasteiger partial charge in [0.25, 0.3) is 11.5 Å². The van der Waals surface area contributed by atoms with Gasteiger partial charge < -0.3 is 14.0 Å². The normalized spacial score (nSPS) is 12.0. The summed E-state index contributed by atoms with van der Waals surface area (Å²) in [5.74, 6) is -0.162. The van der Waals surface area contributed by atoms with Crippen LogP contribution >= 0.6 is 0 Å². The molecule has 0 spiro atoms. The molecule has 36 heavy (non-hydrogen) atoms. The summed E-state index contributed by atoms with van der Waals surface area (Å²) in [6.45, 7) is -0.0788. The van der Waals surface area contributed by atoms with Gasteiger partial charge in [-0.15, -0.1) is 0 Å². The highest BCUT2D eigenvalue weighted by molar-refractivity contribution is 6.27. The first-order valence-electron chi connectivity index (χ1n) is 11.2. The van der Waals surface area contributed by atoms with Crippen LogP contribution in [0.1, 0.15) is 15.9 Å². The van der Waals surface area contributed by atoms with Gasteiger partial charge in [-0.3, -0.25) is 19.8 Å². The molecular weight excluding hydrogens is 460 g/mol. The molecule has 5 aromatic rings. The molecule has 178 valence electrons. The number of ether oxygens (including phenoxy) is 2. The number of ketones is 1. The third-order valence-electron chi connectivity index (χ3n) is 6.42. The minimum absolute atomic E-state index is 0.0788. The summed E-state index contributed by atoms with van der Waals surface area (Å²) in [7, 11) is 2.89. The van der Waals surface area contributed by atoms with Crippen LogP contribution < -0.4 is 20.5 Å². The lowest BCUT2D eigenvalue weighted by Crippen LogP contribution is -2.36. The first kappa shape index (κ1) is 21.6. The molecule has 2 aromatic carbocycles. The Hall–Kier alpha value is -4.92. The van der Waals surface area contributed by atoms with E-state index in [1.165, 1.54) is 14.2 Å². The molecule has 6 rings (SSSR count). The molecule has 0 aliphatic heterocycles. The largest absolute Gasteiger partial charge is 0.493 e. The molecule has 9 heteroatoms. The van der Waals surface area contributed by atoms with Gasteiger partial charge in [-0.05, 0) is 30.3 Å². The lowest BCUT2D eigenvalue weighted by atomic mass is 10.0. The van der Waals surface area contributed by atoms with Gasteiger partial charge >= 0.3 is 0 Å². The van der Waals surface area contributed by atoms with E-state index in [9.17, 15) is 14.4 Å². The van der Waals surface area contributed by atoms with Gasteiger partial charge in [0.15, 0.2) is 17.3 Å². The second-order valence-corrected chi connectivity index (χ2v) is 8.36. The summed E-state index contributed by atoms with van der Waals surface area (Å²) in [6, 6.07) is 15.9. The van der Waals surface area contributed by atoms with Crippen LogP contribution in [0, 0.1) is 0 Å². The number of pyridine rings is 2. The van der Waals surface area contributed by atoms with E-state index in [0.29, 0.717) is 39.2 Å². The second kappa shape index (κ2) is 8.09. The van der Waals surface area contributed by atoms with Crippen LogP contribution in [0.25, 0.3) is 33.1 Å². The molecule has 0 atom stereocenters. The van der Waals surface area contributed by atoms with Crippen LogP contribution in [0.3, 0.4) is 0 Å². The van der Waals surface area contributed by atoms with E-state index in [1.54, 1.807) is 53.4 Å². The third-order valence-corrected chi connectivity index (χ3v) is 6.42. The van der Waals surface area contributed by atoms with Crippen molar-refractivity contribution in [3.8, 4) is 22.8 Å². The van der Waals surface area contributed by atoms with E-state index in [-0.39, 0.29) is 23.5 Å². The number of hydrogen-bond acceptors (Lipinski definition) is 6. The number of aromatic nitrogens is 3. The fraction of sp³-hybridized carbons (Fsp3) is 0.111. The number of carbonyl (C=O) groups excluding carboxylic acids is 2. The second-order valence-electron chi connectivity index (χ2n) is 8.36. The summed E-state index contributed by atoms with van der Waals surface area (Å²) < 4.78 is 13.7. The lowest BCUT2D eigenvalue weighted by molar-refractivity contribution is -0.117. The SMILES string of the molecule is COc1ccc2c3c(n(NC(=O)Cn4ccc5cccnc54)c(=O)c2c1OC)-c1ccccc1C3=O. The van der Waals surface area contributed by atoms with Crippen LogP contribution in [-0.4, -0.2) is 40.1 Å². The molecule has 9 nitrogen and oxygen atoms in total. The minimum Gasteiger partial charge on any atom is -0.493 e. The molecule has 1 amide bonds. The number of rotatable bonds is 5. The molecule has 0 saturated heterocycles. The number of nitrogens with zero attached hydrogens (tertiary/aromatic N) is 3. The van der Waals surface area contributed by atoms with E-state index >= 15 is 0 Å². The molecule has 0 unspecified atom stereocenters. The highest BCUT2D eigenvalue weighted by Gasteiger charge is 2.34. The number of hydrogen-bond donors (Lipinski definition) is 1. The summed E-state index contributed by atoms with van der Waals surface area (Å²) in [6.07, 6.45) is 3.41. The van der Waals surface area contributed by atoms with Gasteiger partial charge in [-0.1, -0.05) is 24.3 Å². The third kappa shape index (κ3) is 3.02. The van der Waals surface area contributed by atoms with Gasteiger partial charge in [-0.25, -0.2) is 9.66 Å². The van der Waals surface area contributed by atoms with Crippen LogP contribution in [-0.2, 0) is 11.3 Å². The Morgan fingerprint density at radius 2 is 1.78 bits per heavy atom. The summed E-state index contributed by atoms with van der Waals surface area (Å²) >= 11 is 0. The van der Waals surface area contributed by atoms with Crippen molar-refractivity contribution < 1.29 is 19.1 Å². The molecule has 3 heterocycles. The summed E-state index contributed by atoms with van der Waals surface area (Å²) in [5.41, 5.74) is 4.52. The zero-order valence-electron chi connectivity index (χ0n) is 19.4. The fourth-order valence-corrected chi connectivity index (χ4v) is 4.88. The summed E-state index contributed by atoms with van der Waals surface area (Å²) in [5, 5.41) is 1.47. The van der Waals surface area contributed by atoms with Crippen LogP contribution in [0.4, 0.5) is 0 Å². The van der Waals surface area contributed by atoms with Crippen molar-refractivity contribution in [2.24, 2.45) is 0 Å². The number of benzene rings is 2. The molecule has 1 aliphatic carbocycles. The maximum Gasteiger partial charge on any atom is 0.281 e. The van der Waals surface area contributed by atoms with Crippen molar-refractivity contribution in [1.82, 2.24) is 14.2 Å². The Kier molecular flexibility index (Phi) is 4.85. The average molecular weight is 480 g/mol. The molecule has 0 bridgehead atoms. The first-order chi connectivity index (χ1) is 17.5. The zero-order chi connectivity index (χ0) is 25.0. The minimum atomic E-state index is -0.534. The smallest absolute Gasteiger partial charge is 0.281 e. The van der Waals surface area contributed by atoms with Crippen molar-refractivity contribution in [3.05, 3.63) is 88.5 Å². The number of methoxy groups -OCH3 is 2. The molecule has 1 N–H and O–H groups in total. The average Bonchev–Trinajstić information content (AvgIpc) is 3.44. The van der Waals surface area contributed by atoms with Gasteiger partial charge in [0.1, 0.15) is 12.2 Å². The lowest BCUT2D eigenvalue weighted by Gasteiger charge is -2.18. The highest BCUT2D eigenvalue weighted by Crippen LogP contribution is 2.42. The number of nitrogens with one attached hydrogen (secondary N) is 1. The van der Waals surface area contributed by atoms with E-state index in [1.807, 2.05) is 18.2 Å². The highest BCUT2D eigenvalue weighted by atomic mass is 16.5. The standard InChI is InChI=1S/C27H20N4O5/c1-35-19-10-9-18-21-23(16-7-3-4-8-17(16)24(21)33)31(27(34)22(18)25(19)36-2)29-20(32)14-30-13-11-15-6-5-12-28-26(15)30/h3-13H,14H2,1-2H3,(H,29,32). The number of carbonyl (C=O) groups is 2. The Bertz CT molecular complexity index is 1780. The van der Waals surface area contributed by atoms with Crippen LogP contribution in [0.15, 0.2) is 71.8 Å². The van der Waals surface area contributed by atoms with Crippen LogP contribution in [0.2, 0.25) is 0 Å². The Morgan fingerprint density at radius 1 is 0.972 bits per heavy atom. The quantitative estimate of drug-likeness (QED) is 0.406. The number of amides is 1. The van der Waals surface area contributed by atoms with Gasteiger partial charge in [0, 0.05) is 34.3 Å².